The third-order valence-electron chi connectivity index (χ3n) is 3.45. The molecule has 0 spiro atoms. The molecule has 22 heavy (non-hydrogen) atoms. The topological polar surface area (TPSA) is 0 Å². The van der Waals surface area contributed by atoms with Crippen molar-refractivity contribution in [2.75, 3.05) is 5.75 Å². The van der Waals surface area contributed by atoms with E-state index in [1.54, 1.807) is 0 Å². The van der Waals surface area contributed by atoms with Gasteiger partial charge in [0.05, 0.1) is 5.25 Å². The molecule has 0 fully saturated rings. The summed E-state index contributed by atoms with van der Waals surface area (Å²) in [4.78, 5) is 0. The zero-order valence-electron chi connectivity index (χ0n) is 13.0. The van der Waals surface area contributed by atoms with Crippen molar-refractivity contribution in [3.8, 4) is 12.3 Å². The van der Waals surface area contributed by atoms with E-state index >= 15 is 0 Å². The van der Waals surface area contributed by atoms with Crippen LogP contribution in [0.25, 0.3) is 5.57 Å². The van der Waals surface area contributed by atoms with Crippen molar-refractivity contribution in [2.45, 2.75) is 25.0 Å². The predicted octanol–water partition coefficient (Wildman–Crippen LogP) is 5.65. The second kappa shape index (κ2) is 9.18. The normalized spacial score (nSPS) is 11.5. The molecule has 0 amide bonds. The van der Waals surface area contributed by atoms with Gasteiger partial charge in [0.1, 0.15) is 0 Å². The van der Waals surface area contributed by atoms with Crippen LogP contribution in [0.15, 0.2) is 66.7 Å². The van der Waals surface area contributed by atoms with E-state index in [-0.39, 0.29) is 5.25 Å². The summed E-state index contributed by atoms with van der Waals surface area (Å²) in [6.45, 7) is 2.21. The quantitative estimate of drug-likeness (QED) is 0.470. The Bertz CT molecular complexity index is 578. The Morgan fingerprint density at radius 2 is 1.59 bits per heavy atom. The number of benzene rings is 2. The van der Waals surface area contributed by atoms with Crippen LogP contribution in [-0.2, 0) is 0 Å². The van der Waals surface area contributed by atoms with Gasteiger partial charge in [0.25, 0.3) is 0 Å². The standard InChI is InChI=1S/C21H22S/c1-3-5-16-22-20(4-2)17-21(18-12-8-6-9-13-18)19-14-10-7-11-15-19/h2,6-15,17,20H,3,5,16H2,1H3. The largest absolute Gasteiger partial charge is 0.141 e. The van der Waals surface area contributed by atoms with Crippen molar-refractivity contribution in [3.63, 3.8) is 0 Å². The summed E-state index contributed by atoms with van der Waals surface area (Å²) in [6, 6.07) is 20.9. The fourth-order valence-corrected chi connectivity index (χ4v) is 3.28. The molecule has 112 valence electrons. The molecule has 2 rings (SSSR count). The van der Waals surface area contributed by atoms with Gasteiger partial charge < -0.3 is 0 Å². The minimum Gasteiger partial charge on any atom is -0.141 e. The highest BCUT2D eigenvalue weighted by Crippen LogP contribution is 2.26. The van der Waals surface area contributed by atoms with Gasteiger partial charge in [-0.05, 0) is 28.9 Å². The van der Waals surface area contributed by atoms with Gasteiger partial charge in [-0.3, -0.25) is 0 Å². The predicted molar refractivity (Wildman–Crippen MR) is 100.0 cm³/mol. The van der Waals surface area contributed by atoms with Crippen LogP contribution in [0.2, 0.25) is 0 Å². The van der Waals surface area contributed by atoms with Crippen molar-refractivity contribution >= 4 is 17.3 Å². The van der Waals surface area contributed by atoms with Crippen LogP contribution in [0, 0.1) is 12.3 Å². The number of unbranched alkanes of at least 4 members (excludes halogenated alkanes) is 1. The van der Waals surface area contributed by atoms with E-state index in [2.05, 4.69) is 67.5 Å². The minimum absolute atomic E-state index is 0.113. The van der Waals surface area contributed by atoms with Gasteiger partial charge in [-0.25, -0.2) is 0 Å². The van der Waals surface area contributed by atoms with Gasteiger partial charge in [-0.15, -0.1) is 18.2 Å². The Labute approximate surface area is 138 Å². The maximum atomic E-state index is 5.74. The van der Waals surface area contributed by atoms with Crippen molar-refractivity contribution in [3.05, 3.63) is 77.9 Å². The van der Waals surface area contributed by atoms with Gasteiger partial charge in [0.2, 0.25) is 0 Å². The molecule has 1 atom stereocenters. The van der Waals surface area contributed by atoms with E-state index in [0.717, 1.165) is 5.75 Å². The highest BCUT2D eigenvalue weighted by Gasteiger charge is 2.08. The molecule has 0 aliphatic rings. The Hall–Kier alpha value is -1.91. The molecule has 0 aromatic heterocycles. The van der Waals surface area contributed by atoms with Crippen molar-refractivity contribution in [1.29, 1.82) is 0 Å². The van der Waals surface area contributed by atoms with Gasteiger partial charge in [-0.2, -0.15) is 0 Å². The van der Waals surface area contributed by atoms with Crippen LogP contribution < -0.4 is 0 Å². The maximum Gasteiger partial charge on any atom is 0.0843 e. The van der Waals surface area contributed by atoms with Crippen LogP contribution in [0.1, 0.15) is 30.9 Å². The molecular weight excluding hydrogens is 284 g/mol. The number of hydrogen-bond donors (Lipinski definition) is 0. The highest BCUT2D eigenvalue weighted by molar-refractivity contribution is 8.00. The van der Waals surface area contributed by atoms with E-state index in [9.17, 15) is 0 Å². The highest BCUT2D eigenvalue weighted by atomic mass is 32.2. The molecule has 0 aliphatic carbocycles. The van der Waals surface area contributed by atoms with Crippen LogP contribution in [-0.4, -0.2) is 11.0 Å². The molecule has 0 N–H and O–H groups in total. The summed E-state index contributed by atoms with van der Waals surface area (Å²) < 4.78 is 0. The Kier molecular flexibility index (Phi) is 6.87. The van der Waals surface area contributed by atoms with Crippen LogP contribution >= 0.6 is 11.8 Å². The third-order valence-corrected chi connectivity index (χ3v) is 4.60. The lowest BCUT2D eigenvalue weighted by molar-refractivity contribution is 0.896. The molecular formula is C21H22S. The van der Waals surface area contributed by atoms with Gasteiger partial charge in [0, 0.05) is 0 Å². The average molecular weight is 306 g/mol. The first kappa shape index (κ1) is 16.5. The second-order valence-electron chi connectivity index (χ2n) is 5.12. The summed E-state index contributed by atoms with van der Waals surface area (Å²) in [5.41, 5.74) is 3.64. The van der Waals surface area contributed by atoms with Gasteiger partial charge >= 0.3 is 0 Å². The van der Waals surface area contributed by atoms with Gasteiger partial charge in [-0.1, -0.05) is 86.0 Å². The van der Waals surface area contributed by atoms with E-state index in [1.165, 1.54) is 29.5 Å². The van der Waals surface area contributed by atoms with Crippen LogP contribution in [0.4, 0.5) is 0 Å². The number of terminal acetylenes is 1. The minimum atomic E-state index is 0.113. The first-order valence-corrected chi connectivity index (χ1v) is 8.80. The van der Waals surface area contributed by atoms with Crippen LogP contribution in [0.5, 0.6) is 0 Å². The fourth-order valence-electron chi connectivity index (χ4n) is 2.24. The second-order valence-corrected chi connectivity index (χ2v) is 6.37. The third kappa shape index (κ3) is 4.83. The number of rotatable bonds is 7. The summed E-state index contributed by atoms with van der Waals surface area (Å²) in [6.07, 6.45) is 10.4. The number of thioether (sulfide) groups is 1. The molecule has 2 aromatic rings. The lowest BCUT2D eigenvalue weighted by Crippen LogP contribution is -1.99. The molecule has 0 nitrogen and oxygen atoms in total. The smallest absolute Gasteiger partial charge is 0.0843 e. The maximum absolute atomic E-state index is 5.74. The zero-order valence-corrected chi connectivity index (χ0v) is 13.9. The summed E-state index contributed by atoms with van der Waals surface area (Å²) in [7, 11) is 0. The summed E-state index contributed by atoms with van der Waals surface area (Å²) >= 11 is 1.85. The first-order valence-electron chi connectivity index (χ1n) is 7.75. The van der Waals surface area contributed by atoms with Crippen molar-refractivity contribution < 1.29 is 0 Å². The lowest BCUT2D eigenvalue weighted by Gasteiger charge is -2.12. The molecule has 0 saturated carbocycles. The molecule has 0 heterocycles. The first-order chi connectivity index (χ1) is 10.8. The molecule has 0 saturated heterocycles. The van der Waals surface area contributed by atoms with E-state index < -0.39 is 0 Å². The fraction of sp³-hybridized carbons (Fsp3) is 0.238. The molecule has 0 radical (unpaired) electrons. The molecule has 0 bridgehead atoms. The summed E-state index contributed by atoms with van der Waals surface area (Å²) in [5.74, 6) is 4.03. The molecule has 1 unspecified atom stereocenters. The van der Waals surface area contributed by atoms with Crippen LogP contribution in [0.3, 0.4) is 0 Å². The Balaban J connectivity index is 2.32. The van der Waals surface area contributed by atoms with E-state index in [0.29, 0.717) is 0 Å². The lowest BCUT2D eigenvalue weighted by atomic mass is 9.97. The van der Waals surface area contributed by atoms with Gasteiger partial charge in [0.15, 0.2) is 0 Å². The van der Waals surface area contributed by atoms with E-state index in [1.807, 2.05) is 23.9 Å². The Morgan fingerprint density at radius 3 is 2.05 bits per heavy atom. The molecule has 0 aliphatic heterocycles. The zero-order chi connectivity index (χ0) is 15.6. The average Bonchev–Trinajstić information content (AvgIpc) is 2.59. The van der Waals surface area contributed by atoms with Crippen molar-refractivity contribution in [2.24, 2.45) is 0 Å². The monoisotopic (exact) mass is 306 g/mol. The SMILES string of the molecule is C#CC(C=C(c1ccccc1)c1ccccc1)SCCCC. The van der Waals surface area contributed by atoms with Crippen molar-refractivity contribution in [1.82, 2.24) is 0 Å². The number of hydrogen-bond acceptors (Lipinski definition) is 1. The summed E-state index contributed by atoms with van der Waals surface area (Å²) in [5, 5.41) is 0.113. The molecule has 1 heteroatoms. The Morgan fingerprint density at radius 1 is 1.05 bits per heavy atom. The van der Waals surface area contributed by atoms with E-state index in [4.69, 9.17) is 6.42 Å². The molecule has 2 aromatic carbocycles.